The Morgan fingerprint density at radius 3 is 2.08 bits per heavy atom. The van der Waals surface area contributed by atoms with E-state index in [0.29, 0.717) is 25.2 Å². The third-order valence-electron chi connectivity index (χ3n) is 4.10. The van der Waals surface area contributed by atoms with Crippen LogP contribution in [0.5, 0.6) is 0 Å². The molecule has 0 aromatic heterocycles. The predicted molar refractivity (Wildman–Crippen MR) is 112 cm³/mol. The average Bonchev–Trinajstić information content (AvgIpc) is 3.32. The van der Waals surface area contributed by atoms with E-state index in [1.54, 1.807) is 7.05 Å². The maximum atomic E-state index is 11.5. The maximum Gasteiger partial charge on any atom is 0.223 e. The Hall–Kier alpha value is -0.570. The first-order valence-corrected chi connectivity index (χ1v) is 8.93. The van der Waals surface area contributed by atoms with Gasteiger partial charge in [-0.2, -0.15) is 0 Å². The number of rotatable bonds is 10. The normalized spacial score (nSPS) is 14.8. The number of hydrogen-bond donors (Lipinski definition) is 3. The van der Waals surface area contributed by atoms with Gasteiger partial charge in [-0.3, -0.25) is 14.7 Å². The summed E-state index contributed by atoms with van der Waals surface area (Å²) in [7, 11) is 1.77. The van der Waals surface area contributed by atoms with Gasteiger partial charge in [-0.1, -0.05) is 0 Å². The van der Waals surface area contributed by atoms with Crippen LogP contribution in [-0.4, -0.2) is 62.1 Å². The van der Waals surface area contributed by atoms with Crippen molar-refractivity contribution in [3.63, 3.8) is 0 Å². The van der Waals surface area contributed by atoms with Gasteiger partial charge in [0.15, 0.2) is 5.96 Å². The zero-order valence-corrected chi connectivity index (χ0v) is 18.2. The molecule has 0 aromatic rings. The van der Waals surface area contributed by atoms with Crippen molar-refractivity contribution in [3.05, 3.63) is 0 Å². The summed E-state index contributed by atoms with van der Waals surface area (Å²) < 4.78 is 0. The highest BCUT2D eigenvalue weighted by Gasteiger charge is 2.28. The molecule has 0 radical (unpaired) electrons. The van der Waals surface area contributed by atoms with E-state index in [1.165, 1.54) is 0 Å². The van der Waals surface area contributed by atoms with Crippen LogP contribution in [0, 0.1) is 5.92 Å². The molecule has 142 valence electrons. The van der Waals surface area contributed by atoms with Gasteiger partial charge in [0.05, 0.1) is 0 Å². The van der Waals surface area contributed by atoms with Crippen LogP contribution < -0.4 is 16.0 Å². The number of amides is 1. The Labute approximate surface area is 164 Å². The molecule has 0 atom stereocenters. The highest BCUT2D eigenvalue weighted by atomic mass is 127. The lowest BCUT2D eigenvalue weighted by atomic mass is 10.2. The van der Waals surface area contributed by atoms with E-state index >= 15 is 0 Å². The molecule has 7 heteroatoms. The van der Waals surface area contributed by atoms with Gasteiger partial charge in [0, 0.05) is 51.2 Å². The second-order valence-electron chi connectivity index (χ2n) is 6.77. The van der Waals surface area contributed by atoms with Crippen molar-refractivity contribution in [2.75, 3.05) is 33.2 Å². The molecule has 1 amide bonds. The van der Waals surface area contributed by atoms with E-state index in [-0.39, 0.29) is 35.8 Å². The van der Waals surface area contributed by atoms with E-state index in [4.69, 9.17) is 0 Å². The SMILES string of the molecule is CN=C(NCCCN(C(C)C)C(C)C)NCCNC(=O)C1CC1.I. The number of carbonyl (C=O) groups is 1. The van der Waals surface area contributed by atoms with Gasteiger partial charge < -0.3 is 16.0 Å². The first-order valence-electron chi connectivity index (χ1n) is 8.93. The summed E-state index contributed by atoms with van der Waals surface area (Å²) in [4.78, 5) is 18.2. The summed E-state index contributed by atoms with van der Waals surface area (Å²) in [5, 5.41) is 9.49. The zero-order chi connectivity index (χ0) is 17.2. The molecule has 6 nitrogen and oxygen atoms in total. The third kappa shape index (κ3) is 9.66. The van der Waals surface area contributed by atoms with Gasteiger partial charge in [0.25, 0.3) is 0 Å². The van der Waals surface area contributed by atoms with Gasteiger partial charge in [-0.05, 0) is 47.0 Å². The number of nitrogens with one attached hydrogen (secondary N) is 3. The minimum Gasteiger partial charge on any atom is -0.356 e. The van der Waals surface area contributed by atoms with E-state index in [9.17, 15) is 4.79 Å². The lowest BCUT2D eigenvalue weighted by Gasteiger charge is -2.30. The molecule has 1 fully saturated rings. The van der Waals surface area contributed by atoms with Crippen LogP contribution in [0.2, 0.25) is 0 Å². The second-order valence-corrected chi connectivity index (χ2v) is 6.77. The van der Waals surface area contributed by atoms with Crippen LogP contribution in [0.15, 0.2) is 4.99 Å². The van der Waals surface area contributed by atoms with Crippen LogP contribution >= 0.6 is 24.0 Å². The average molecular weight is 453 g/mol. The molecule has 1 saturated carbocycles. The number of carbonyl (C=O) groups excluding carboxylic acids is 1. The van der Waals surface area contributed by atoms with Gasteiger partial charge in [0.2, 0.25) is 5.91 Å². The maximum absolute atomic E-state index is 11.5. The van der Waals surface area contributed by atoms with Crippen molar-refractivity contribution in [2.24, 2.45) is 10.9 Å². The largest absolute Gasteiger partial charge is 0.356 e. The van der Waals surface area contributed by atoms with Gasteiger partial charge in [-0.25, -0.2) is 0 Å². The number of hydrogen-bond acceptors (Lipinski definition) is 3. The summed E-state index contributed by atoms with van der Waals surface area (Å²) in [5.41, 5.74) is 0. The summed E-state index contributed by atoms with van der Waals surface area (Å²) in [6.45, 7) is 12.3. The molecule has 0 spiro atoms. The Balaban J connectivity index is 0.00000529. The molecule has 1 rings (SSSR count). The summed E-state index contributed by atoms with van der Waals surface area (Å²) in [6, 6.07) is 1.14. The standard InChI is InChI=1S/C17H35N5O.HI/c1-13(2)22(14(3)4)12-6-9-20-17(18-5)21-11-10-19-16(23)15-7-8-15;/h13-15H,6-12H2,1-5H3,(H,19,23)(H2,18,20,21);1H. The van der Waals surface area contributed by atoms with Crippen molar-refractivity contribution in [3.8, 4) is 0 Å². The highest BCUT2D eigenvalue weighted by molar-refractivity contribution is 14.0. The van der Waals surface area contributed by atoms with E-state index < -0.39 is 0 Å². The highest BCUT2D eigenvalue weighted by Crippen LogP contribution is 2.28. The fourth-order valence-corrected chi connectivity index (χ4v) is 2.66. The van der Waals surface area contributed by atoms with Gasteiger partial charge in [0.1, 0.15) is 0 Å². The molecular formula is C17H36IN5O. The van der Waals surface area contributed by atoms with Crippen molar-refractivity contribution in [1.82, 2.24) is 20.9 Å². The monoisotopic (exact) mass is 453 g/mol. The smallest absolute Gasteiger partial charge is 0.223 e. The number of aliphatic imine (C=N–C) groups is 1. The lowest BCUT2D eigenvalue weighted by molar-refractivity contribution is -0.122. The number of nitrogens with zero attached hydrogens (tertiary/aromatic N) is 2. The fourth-order valence-electron chi connectivity index (χ4n) is 2.66. The number of halogens is 1. The molecule has 0 aromatic carbocycles. The van der Waals surface area contributed by atoms with Gasteiger partial charge in [-0.15, -0.1) is 24.0 Å². The molecule has 1 aliphatic rings. The van der Waals surface area contributed by atoms with Crippen molar-refractivity contribution in [2.45, 2.75) is 59.0 Å². The third-order valence-corrected chi connectivity index (χ3v) is 4.10. The molecule has 0 saturated heterocycles. The minimum atomic E-state index is 0. The molecule has 0 aliphatic heterocycles. The quantitative estimate of drug-likeness (QED) is 0.204. The number of guanidine groups is 1. The molecule has 1 aliphatic carbocycles. The molecule has 0 unspecified atom stereocenters. The molecular weight excluding hydrogens is 417 g/mol. The van der Waals surface area contributed by atoms with Crippen molar-refractivity contribution >= 4 is 35.8 Å². The van der Waals surface area contributed by atoms with Crippen molar-refractivity contribution in [1.29, 1.82) is 0 Å². The molecule has 3 N–H and O–H groups in total. The van der Waals surface area contributed by atoms with E-state index in [2.05, 4.69) is 53.5 Å². The zero-order valence-electron chi connectivity index (χ0n) is 15.9. The predicted octanol–water partition coefficient (Wildman–Crippen LogP) is 1.80. The second kappa shape index (κ2) is 12.7. The van der Waals surface area contributed by atoms with Crippen LogP contribution in [-0.2, 0) is 4.79 Å². The first kappa shape index (κ1) is 23.4. The summed E-state index contributed by atoms with van der Waals surface area (Å²) >= 11 is 0. The summed E-state index contributed by atoms with van der Waals surface area (Å²) in [5.74, 6) is 1.26. The van der Waals surface area contributed by atoms with Gasteiger partial charge >= 0.3 is 0 Å². The Bertz CT molecular complexity index is 375. The molecule has 0 bridgehead atoms. The van der Waals surface area contributed by atoms with E-state index in [1.807, 2.05) is 0 Å². The Morgan fingerprint density at radius 1 is 1.04 bits per heavy atom. The molecule has 24 heavy (non-hydrogen) atoms. The summed E-state index contributed by atoms with van der Waals surface area (Å²) in [6.07, 6.45) is 3.17. The van der Waals surface area contributed by atoms with E-state index in [0.717, 1.165) is 38.3 Å². The Kier molecular flexibility index (Phi) is 12.4. The van der Waals surface area contributed by atoms with Crippen LogP contribution in [0.4, 0.5) is 0 Å². The van der Waals surface area contributed by atoms with Crippen LogP contribution in [0.1, 0.15) is 47.0 Å². The van der Waals surface area contributed by atoms with Crippen LogP contribution in [0.25, 0.3) is 0 Å². The van der Waals surface area contributed by atoms with Crippen molar-refractivity contribution < 1.29 is 4.79 Å². The Morgan fingerprint density at radius 2 is 1.58 bits per heavy atom. The minimum absolute atomic E-state index is 0. The first-order chi connectivity index (χ1) is 11.0. The molecule has 0 heterocycles. The van der Waals surface area contributed by atoms with Crippen LogP contribution in [0.3, 0.4) is 0 Å². The fraction of sp³-hybridized carbons (Fsp3) is 0.882. The topological polar surface area (TPSA) is 68.8 Å². The lowest BCUT2D eigenvalue weighted by Crippen LogP contribution is -2.43.